The van der Waals surface area contributed by atoms with Gasteiger partial charge in [0.25, 0.3) is 0 Å². The van der Waals surface area contributed by atoms with Crippen LogP contribution in [0.1, 0.15) is 25.3 Å². The molecule has 0 saturated carbocycles. The number of esters is 1. The van der Waals surface area contributed by atoms with Crippen molar-refractivity contribution in [1.29, 1.82) is 0 Å². The van der Waals surface area contributed by atoms with Crippen LogP contribution < -0.4 is 10.6 Å². The highest BCUT2D eigenvalue weighted by Gasteiger charge is 2.01. The van der Waals surface area contributed by atoms with Crippen LogP contribution >= 0.6 is 0 Å². The van der Waals surface area contributed by atoms with Gasteiger partial charge in [-0.2, -0.15) is 5.10 Å². The number of carbonyl (C=O) groups excluding carboxylic acids is 1. The molecule has 0 aliphatic heterocycles. The molecule has 0 bridgehead atoms. The van der Waals surface area contributed by atoms with Crippen molar-refractivity contribution in [3.63, 3.8) is 0 Å². The van der Waals surface area contributed by atoms with Crippen molar-refractivity contribution in [2.75, 3.05) is 13.2 Å². The second kappa shape index (κ2) is 8.11. The molecule has 0 radical (unpaired) electrons. The van der Waals surface area contributed by atoms with Gasteiger partial charge >= 0.3 is 5.97 Å². The molecule has 0 heterocycles. The third kappa shape index (κ3) is 5.34. The van der Waals surface area contributed by atoms with Crippen LogP contribution in [0.2, 0.25) is 0 Å². The van der Waals surface area contributed by atoms with E-state index < -0.39 is 0 Å². The highest BCUT2D eigenvalue weighted by Crippen LogP contribution is 2.11. The number of nitrogens with two attached hydrogens (primary N) is 1. The molecule has 1 aromatic carbocycles. The maximum Gasteiger partial charge on any atom is 0.305 e. The molecule has 0 aliphatic rings. The van der Waals surface area contributed by atoms with E-state index in [9.17, 15) is 4.79 Å². The molecule has 0 spiro atoms. The van der Waals surface area contributed by atoms with Gasteiger partial charge < -0.3 is 15.3 Å². The van der Waals surface area contributed by atoms with E-state index in [1.54, 1.807) is 13.1 Å². The minimum atomic E-state index is -0.185. The second-order valence-electron chi connectivity index (χ2n) is 3.60. The fraction of sp³-hybridized carbons (Fsp3) is 0.385. The van der Waals surface area contributed by atoms with Gasteiger partial charge in [-0.15, -0.1) is 0 Å². The number of benzene rings is 1. The van der Waals surface area contributed by atoms with E-state index in [0.29, 0.717) is 26.1 Å². The number of nitrogens with zero attached hydrogens (tertiary/aromatic N) is 1. The Labute approximate surface area is 107 Å². The minimum absolute atomic E-state index is 0.185. The highest BCUT2D eigenvalue weighted by atomic mass is 16.5. The topological polar surface area (TPSA) is 73.9 Å². The molecule has 0 aromatic heterocycles. The van der Waals surface area contributed by atoms with Crippen LogP contribution in [-0.4, -0.2) is 25.4 Å². The van der Waals surface area contributed by atoms with E-state index in [-0.39, 0.29) is 5.97 Å². The Balaban J connectivity index is 2.25. The number of rotatable bonds is 7. The lowest BCUT2D eigenvalue weighted by molar-refractivity contribution is -0.143. The van der Waals surface area contributed by atoms with Crippen LogP contribution in [0.3, 0.4) is 0 Å². The molecule has 1 rings (SSSR count). The molecule has 98 valence electrons. The molecular formula is C13H18N2O3. The summed E-state index contributed by atoms with van der Waals surface area (Å²) in [6, 6.07) is 7.39. The van der Waals surface area contributed by atoms with Crippen molar-refractivity contribution >= 4 is 12.2 Å². The standard InChI is InChI=1S/C13H18N2O3/c1-2-17-13(16)4-3-9-18-12-7-5-11(6-8-12)10-15-14/h5-8,10H,2-4,9,14H2,1H3. The van der Waals surface area contributed by atoms with E-state index in [1.165, 1.54) is 0 Å². The van der Waals surface area contributed by atoms with Crippen molar-refractivity contribution in [2.45, 2.75) is 19.8 Å². The fourth-order valence-corrected chi connectivity index (χ4v) is 1.38. The maximum atomic E-state index is 11.1. The summed E-state index contributed by atoms with van der Waals surface area (Å²) in [5.41, 5.74) is 0.913. The second-order valence-corrected chi connectivity index (χ2v) is 3.60. The average Bonchev–Trinajstić information content (AvgIpc) is 2.37. The van der Waals surface area contributed by atoms with Crippen molar-refractivity contribution < 1.29 is 14.3 Å². The van der Waals surface area contributed by atoms with Gasteiger partial charge in [-0.25, -0.2) is 0 Å². The molecule has 0 fully saturated rings. The molecule has 0 aliphatic carbocycles. The van der Waals surface area contributed by atoms with Crippen LogP contribution in [0, 0.1) is 0 Å². The quantitative estimate of drug-likeness (QED) is 0.263. The van der Waals surface area contributed by atoms with Crippen molar-refractivity contribution in [2.24, 2.45) is 10.9 Å². The summed E-state index contributed by atoms with van der Waals surface area (Å²) in [7, 11) is 0. The predicted octanol–water partition coefficient (Wildman–Crippen LogP) is 1.70. The summed E-state index contributed by atoms with van der Waals surface area (Å²) >= 11 is 0. The molecule has 0 amide bonds. The smallest absolute Gasteiger partial charge is 0.305 e. The number of hydrogen-bond acceptors (Lipinski definition) is 5. The van der Waals surface area contributed by atoms with Crippen LogP contribution in [0.25, 0.3) is 0 Å². The summed E-state index contributed by atoms with van der Waals surface area (Å²) in [4.78, 5) is 11.1. The maximum absolute atomic E-state index is 11.1. The first-order chi connectivity index (χ1) is 8.76. The van der Waals surface area contributed by atoms with Gasteiger partial charge in [0.2, 0.25) is 0 Å². The zero-order valence-electron chi connectivity index (χ0n) is 10.5. The largest absolute Gasteiger partial charge is 0.494 e. The molecule has 5 heteroatoms. The minimum Gasteiger partial charge on any atom is -0.494 e. The zero-order valence-corrected chi connectivity index (χ0v) is 10.5. The van der Waals surface area contributed by atoms with Crippen molar-refractivity contribution in [1.82, 2.24) is 0 Å². The first-order valence-corrected chi connectivity index (χ1v) is 5.88. The predicted molar refractivity (Wildman–Crippen MR) is 69.6 cm³/mol. The lowest BCUT2D eigenvalue weighted by atomic mass is 10.2. The van der Waals surface area contributed by atoms with E-state index in [1.807, 2.05) is 24.3 Å². The van der Waals surface area contributed by atoms with Crippen LogP contribution in [0.15, 0.2) is 29.4 Å². The lowest BCUT2D eigenvalue weighted by Gasteiger charge is -2.06. The van der Waals surface area contributed by atoms with Gasteiger partial charge in [0, 0.05) is 6.42 Å². The zero-order chi connectivity index (χ0) is 13.2. The molecule has 18 heavy (non-hydrogen) atoms. The summed E-state index contributed by atoms with van der Waals surface area (Å²) in [5, 5.41) is 3.43. The van der Waals surface area contributed by atoms with E-state index in [4.69, 9.17) is 15.3 Å². The molecule has 2 N–H and O–H groups in total. The number of ether oxygens (including phenoxy) is 2. The summed E-state index contributed by atoms with van der Waals surface area (Å²) in [6.45, 7) is 2.70. The van der Waals surface area contributed by atoms with Gasteiger partial charge in [-0.3, -0.25) is 4.79 Å². The molecule has 0 atom stereocenters. The Bertz CT molecular complexity index is 388. The molecule has 5 nitrogen and oxygen atoms in total. The average molecular weight is 250 g/mol. The fourth-order valence-electron chi connectivity index (χ4n) is 1.38. The molecule has 0 saturated heterocycles. The summed E-state index contributed by atoms with van der Waals surface area (Å²) in [6.07, 6.45) is 2.58. The Morgan fingerprint density at radius 1 is 1.39 bits per heavy atom. The Morgan fingerprint density at radius 3 is 2.72 bits per heavy atom. The molecule has 0 unspecified atom stereocenters. The van der Waals surface area contributed by atoms with E-state index in [2.05, 4.69) is 5.10 Å². The van der Waals surface area contributed by atoms with E-state index >= 15 is 0 Å². The number of carbonyl (C=O) groups is 1. The van der Waals surface area contributed by atoms with Gasteiger partial charge in [-0.1, -0.05) is 0 Å². The van der Waals surface area contributed by atoms with Gasteiger partial charge in [0.05, 0.1) is 19.4 Å². The van der Waals surface area contributed by atoms with Gasteiger partial charge in [0.15, 0.2) is 0 Å². The first kappa shape index (κ1) is 14.0. The molecule has 1 aromatic rings. The third-order valence-electron chi connectivity index (χ3n) is 2.20. The first-order valence-electron chi connectivity index (χ1n) is 5.88. The summed E-state index contributed by atoms with van der Waals surface area (Å²) in [5.74, 6) is 5.62. The highest BCUT2D eigenvalue weighted by molar-refractivity contribution is 5.79. The third-order valence-corrected chi connectivity index (χ3v) is 2.20. The van der Waals surface area contributed by atoms with Crippen LogP contribution in [0.4, 0.5) is 0 Å². The number of hydrazone groups is 1. The Hall–Kier alpha value is -2.04. The van der Waals surface area contributed by atoms with Crippen LogP contribution in [-0.2, 0) is 9.53 Å². The van der Waals surface area contributed by atoms with Gasteiger partial charge in [-0.05, 0) is 43.2 Å². The molecular weight excluding hydrogens is 232 g/mol. The summed E-state index contributed by atoms with van der Waals surface area (Å²) < 4.78 is 10.3. The number of hydrogen-bond donors (Lipinski definition) is 1. The monoisotopic (exact) mass is 250 g/mol. The van der Waals surface area contributed by atoms with Gasteiger partial charge in [0.1, 0.15) is 5.75 Å². The van der Waals surface area contributed by atoms with Crippen molar-refractivity contribution in [3.8, 4) is 5.75 Å². The van der Waals surface area contributed by atoms with Crippen LogP contribution in [0.5, 0.6) is 5.75 Å². The lowest BCUT2D eigenvalue weighted by Crippen LogP contribution is -2.06. The SMILES string of the molecule is CCOC(=O)CCCOc1ccc(C=NN)cc1. The Morgan fingerprint density at radius 2 is 2.11 bits per heavy atom. The van der Waals surface area contributed by atoms with Crippen molar-refractivity contribution in [3.05, 3.63) is 29.8 Å². The van der Waals surface area contributed by atoms with E-state index in [0.717, 1.165) is 11.3 Å². The Kier molecular flexibility index (Phi) is 6.32. The normalized spacial score (nSPS) is 10.5.